The first-order valence-electron chi connectivity index (χ1n) is 48.3. The molecule has 0 unspecified atom stereocenters. The van der Waals surface area contributed by atoms with Crippen molar-refractivity contribution in [3.05, 3.63) is 93.2 Å². The summed E-state index contributed by atoms with van der Waals surface area (Å²) in [7, 11) is -2.39. The van der Waals surface area contributed by atoms with Gasteiger partial charge in [0.2, 0.25) is 20.0 Å². The van der Waals surface area contributed by atoms with Gasteiger partial charge >= 0.3 is 42.7 Å². The number of sulfonamides is 2. The van der Waals surface area contributed by atoms with Crippen LogP contribution in [0, 0.1) is 17.8 Å². The number of likely N-dealkylation sites (tertiary alicyclic amines) is 1. The molecule has 0 radical (unpaired) electrons. The van der Waals surface area contributed by atoms with Crippen molar-refractivity contribution in [2.24, 2.45) is 17.8 Å². The van der Waals surface area contributed by atoms with Gasteiger partial charge in [0, 0.05) is 152 Å². The van der Waals surface area contributed by atoms with E-state index in [1.165, 1.54) is 82.8 Å². The molecule has 11 aliphatic rings. The number of hydrogen-bond donors (Lipinski definition) is 0. The first kappa shape index (κ1) is 120. The Labute approximate surface area is 790 Å². The zero-order valence-corrected chi connectivity index (χ0v) is 87.0. The molecule has 32 heteroatoms. The largest absolute Gasteiger partial charge is 0.450 e. The van der Waals surface area contributed by atoms with Gasteiger partial charge in [0.15, 0.2) is 0 Å². The summed E-state index contributed by atoms with van der Waals surface area (Å²) >= 11 is 0. The van der Waals surface area contributed by atoms with Gasteiger partial charge in [-0.2, -0.15) is 13.1 Å². The third-order valence-electron chi connectivity index (χ3n) is 23.3. The van der Waals surface area contributed by atoms with Crippen molar-refractivity contribution in [1.29, 1.82) is 0 Å². The van der Waals surface area contributed by atoms with Crippen LogP contribution in [0.25, 0.3) is 0 Å². The lowest BCUT2D eigenvalue weighted by atomic mass is 9.99. The molecule has 6 amide bonds. The van der Waals surface area contributed by atoms with Crippen LogP contribution in [0.1, 0.15) is 268 Å². The molecule has 0 aromatic rings. The lowest BCUT2D eigenvalue weighted by Crippen LogP contribution is -2.39. The van der Waals surface area contributed by atoms with Gasteiger partial charge in [0.1, 0.15) is 11.2 Å². The molecule has 2 saturated heterocycles. The number of piperidine rings is 2. The number of rotatable bonds is 20. The highest BCUT2D eigenvalue weighted by molar-refractivity contribution is 7.89. The Bertz CT molecular complexity index is 3740. The van der Waals surface area contributed by atoms with Gasteiger partial charge in [0.05, 0.1) is 44.0 Å². The highest BCUT2D eigenvalue weighted by Crippen LogP contribution is 2.39. The average molecular weight is 1900 g/mol. The smallest absolute Gasteiger partial charge is 0.414 e. The number of amides is 6. The van der Waals surface area contributed by atoms with Gasteiger partial charge in [0.25, 0.3) is 0 Å². The van der Waals surface area contributed by atoms with E-state index in [1.54, 1.807) is 47.3 Å². The maximum atomic E-state index is 12.3. The predicted molar refractivity (Wildman–Crippen MR) is 523 cm³/mol. The lowest BCUT2D eigenvalue weighted by molar-refractivity contribution is -0.188. The molecule has 131 heavy (non-hydrogen) atoms. The van der Waals surface area contributed by atoms with Crippen molar-refractivity contribution in [3.63, 3.8) is 0 Å². The Balaban J connectivity index is 0.000000493. The monoisotopic (exact) mass is 1900 g/mol. The van der Waals surface area contributed by atoms with E-state index in [1.807, 2.05) is 95.2 Å². The summed E-state index contributed by atoms with van der Waals surface area (Å²) in [5.74, 6) is 2.66. The minimum Gasteiger partial charge on any atom is -0.450 e. The molecule has 11 rings (SSSR count). The number of carbonyl (C=O) groups is 6. The third kappa shape index (κ3) is 56.2. The summed E-state index contributed by atoms with van der Waals surface area (Å²) in [6, 6.07) is 0. The topological polar surface area (TPSA) is 277 Å². The van der Waals surface area contributed by atoms with Crippen molar-refractivity contribution >= 4 is 56.6 Å². The van der Waals surface area contributed by atoms with Crippen molar-refractivity contribution in [2.75, 3.05) is 196 Å². The summed E-state index contributed by atoms with van der Waals surface area (Å²) in [5, 5.41) is 0. The molecule has 0 spiro atoms. The minimum absolute atomic E-state index is 0.0282. The Kier molecular flexibility index (Phi) is 58.8. The molecule has 10 aliphatic heterocycles. The Morgan fingerprint density at radius 1 is 0.420 bits per heavy atom. The van der Waals surface area contributed by atoms with Crippen LogP contribution in [-0.2, 0) is 57.9 Å². The quantitative estimate of drug-likeness (QED) is 0.0809. The molecule has 0 atom stereocenters. The van der Waals surface area contributed by atoms with E-state index in [-0.39, 0.29) is 42.2 Å². The molecule has 756 valence electrons. The Morgan fingerprint density at radius 2 is 0.748 bits per heavy atom. The molecule has 1 saturated carbocycles. The molecule has 0 aromatic heterocycles. The van der Waals surface area contributed by atoms with Gasteiger partial charge in [-0.15, -0.1) is 0 Å². The number of halogens is 2. The summed E-state index contributed by atoms with van der Waals surface area (Å²) in [6.45, 7) is 63.7. The fourth-order valence-electron chi connectivity index (χ4n) is 13.5. The number of carbonyl (C=O) groups excluding carboxylic acids is 6. The normalized spacial score (nSPS) is 19.4. The van der Waals surface area contributed by atoms with E-state index in [2.05, 4.69) is 113 Å². The summed E-state index contributed by atoms with van der Waals surface area (Å²) < 4.78 is 115. The van der Waals surface area contributed by atoms with Crippen LogP contribution in [0.15, 0.2) is 93.2 Å². The van der Waals surface area contributed by atoms with Crippen molar-refractivity contribution < 1.29 is 92.3 Å². The molecule has 1 aliphatic carbocycles. The summed E-state index contributed by atoms with van der Waals surface area (Å²) in [5.41, 5.74) is 10.2. The molecular weight excluding hydrogens is 1720 g/mol. The van der Waals surface area contributed by atoms with E-state index in [9.17, 15) is 54.4 Å². The van der Waals surface area contributed by atoms with Gasteiger partial charge < -0.3 is 72.2 Å². The van der Waals surface area contributed by atoms with Crippen LogP contribution in [-0.4, -0.2) is 321 Å². The average Bonchev–Trinajstić information content (AvgIpc) is 1.44. The number of ether oxygens (including phenoxy) is 8. The van der Waals surface area contributed by atoms with Gasteiger partial charge in [-0.25, -0.2) is 49.9 Å². The lowest BCUT2D eigenvalue weighted by Gasteiger charge is -2.29. The number of methoxy groups -OCH3 is 2. The maximum absolute atomic E-state index is 12.3. The highest BCUT2D eigenvalue weighted by Gasteiger charge is 2.43. The second kappa shape index (κ2) is 64.1. The van der Waals surface area contributed by atoms with Crippen molar-refractivity contribution in [1.82, 2.24) is 47.8 Å². The molecule has 0 aromatic carbocycles. The van der Waals surface area contributed by atoms with E-state index < -0.39 is 37.8 Å². The number of nitrogens with zero attached hydrogens (tertiary/aromatic N) is 10. The fraction of sp³-hybridized carbons (Fsp3) is 0.778. The highest BCUT2D eigenvalue weighted by atomic mass is 32.2. The van der Waals surface area contributed by atoms with Crippen molar-refractivity contribution in [3.8, 4) is 0 Å². The first-order chi connectivity index (χ1) is 61.5. The Morgan fingerprint density at radius 3 is 1.06 bits per heavy atom. The zero-order chi connectivity index (χ0) is 98.5. The second-order valence-electron chi connectivity index (χ2n) is 38.2. The minimum atomic E-state index is -3.40. The van der Waals surface area contributed by atoms with Crippen LogP contribution < -0.4 is 0 Å². The molecule has 0 N–H and O–H groups in total. The third-order valence-corrected chi connectivity index (χ3v) is 27.2. The maximum Gasteiger partial charge on any atom is 0.414 e. The standard InChI is InChI=1S/C11H17NO2.2C11H19NO2.C10H21NO2S.C10H19NO2S.C10H17NO2.C9H13F2NO2.C9H15NO2.C9H19NO.C9H17NO/c1-9-3-7-12(8-4-9)10(13)14-11(2)5-6-11;1-9-5-7-12(8-6-9)10(13)14-11(2,3)4;1-9(2)8-14-11(13)12-6-4-10(3)5-7-12;2*1-3-4-9-14(12,13)11-7-5-10(2)6-8-11;1-8(2)13-10(12)11-6-4-9(3)5-7-11;1-7-3-5-12(6-4-7)8(13)14-9(2,10)11;1-3-12-9(11)10-6-4-8(2)5-7-10;2*1-9-3-5-10(6-4-9)7-8-11-2/h3H,4-8H2,1-2H3;5H,6-8H2,1-4H3;4,9H,5-8H2,1-3H3;10H,3-9H2,1-2H3;5H,3-4,6-9H2,1-2H3;4,8H,5-7H2,1-3H3;3H,4-6H2,1-2H3;4H,3,5-7H2,1-2H3;9H,3-8H2,1-2H3;3H,4-8H2,1-2H3. The van der Waals surface area contributed by atoms with Crippen LogP contribution in [0.4, 0.5) is 37.5 Å². The molecular formula is C99H176F2N10O18S2. The molecule has 28 nitrogen and oxygen atoms in total. The van der Waals surface area contributed by atoms with E-state index in [4.69, 9.17) is 33.2 Å². The first-order valence-corrected chi connectivity index (χ1v) is 51.5. The van der Waals surface area contributed by atoms with Crippen molar-refractivity contribution in [2.45, 2.75) is 291 Å². The number of hydrogen-bond acceptors (Lipinski definition) is 20. The van der Waals surface area contributed by atoms with E-state index in [0.29, 0.717) is 109 Å². The predicted octanol–water partition coefficient (Wildman–Crippen LogP) is 20.0. The molecule has 3 fully saturated rings. The number of alkyl halides is 2. The van der Waals surface area contributed by atoms with Crippen LogP contribution >= 0.6 is 0 Å². The van der Waals surface area contributed by atoms with Gasteiger partial charge in [-0.3, -0.25) is 4.90 Å². The summed E-state index contributed by atoms with van der Waals surface area (Å²) in [4.78, 5) is 83.3. The van der Waals surface area contributed by atoms with Gasteiger partial charge in [-0.05, 0) is 237 Å². The second-order valence-corrected chi connectivity index (χ2v) is 42.4. The fourth-order valence-corrected chi connectivity index (χ4v) is 16.7. The zero-order valence-electron chi connectivity index (χ0n) is 85.3. The molecule has 0 bridgehead atoms. The SMILES string of the molecule is CC1=CCN(C(=O)OC(C)(C)C)CC1.CC1=CCN(C(=O)OC(C)(F)F)CC1.CC1=CCN(C(=O)OC(C)C)CC1.CC1=CCN(C(=O)OC2(C)CC2)CC1.CC1=CCN(C(=O)OCC(C)C)CC1.CCCCS(=O)(=O)N1CC=C(C)CC1.CCCCS(=O)(=O)N1CCC(C)CC1.CCOC(=O)N1CC=C(C)CC1.COCCN1CC=C(C)CC1.COCCN1CCC(C)CC1. The van der Waals surface area contributed by atoms with E-state index >= 15 is 0 Å². The van der Waals surface area contributed by atoms with Crippen LogP contribution in [0.3, 0.4) is 0 Å². The number of unbranched alkanes of at least 4 members (excludes halogenated alkanes) is 2. The molecule has 10 heterocycles. The van der Waals surface area contributed by atoms with Gasteiger partial charge in [-0.1, -0.05) is 148 Å². The summed E-state index contributed by atoms with van der Waals surface area (Å²) in [6.07, 6.45) is 29.1. The van der Waals surface area contributed by atoms with E-state index in [0.717, 1.165) is 180 Å². The van der Waals surface area contributed by atoms with Crippen LogP contribution in [0.2, 0.25) is 0 Å². The van der Waals surface area contributed by atoms with Crippen LogP contribution in [0.5, 0.6) is 0 Å². The Hall–Kier alpha value is -6.94.